The lowest BCUT2D eigenvalue weighted by Gasteiger charge is -1.71. The number of hydrogen-bond acceptors (Lipinski definition) is 2. The smallest absolute Gasteiger partial charge is 0.174 e. The minimum absolute atomic E-state index is 0.250. The van der Waals surface area contributed by atoms with Crippen LogP contribution in [-0.2, 0) is 0 Å². The summed E-state index contributed by atoms with van der Waals surface area (Å²) in [6.45, 7) is 0. The summed E-state index contributed by atoms with van der Waals surface area (Å²) in [7, 11) is 0. The second kappa shape index (κ2) is 1.58. The van der Waals surface area contributed by atoms with Crippen molar-refractivity contribution >= 4 is 12.6 Å². The summed E-state index contributed by atoms with van der Waals surface area (Å²) in [5.41, 5.74) is 0. The molecule has 0 radical (unpaired) electrons. The first-order chi connectivity index (χ1) is 3.30. The number of hydrogen-bond donors (Lipinski definition) is 1. The molecular weight excluding hydrogens is 115 g/mol. The van der Waals surface area contributed by atoms with E-state index in [2.05, 4.69) is 17.0 Å². The van der Waals surface area contributed by atoms with Gasteiger partial charge >= 0.3 is 0 Å². The van der Waals surface area contributed by atoms with Gasteiger partial charge in [0, 0.05) is 0 Å². The monoisotopic (exact) mass is 118 g/mol. The van der Waals surface area contributed by atoms with Crippen LogP contribution in [0, 0.1) is 5.82 Å². The third-order valence-electron chi connectivity index (χ3n) is 0.596. The second-order valence-electron chi connectivity index (χ2n) is 1.10. The van der Waals surface area contributed by atoms with Crippen LogP contribution in [0.1, 0.15) is 0 Å². The topological polar surface area (TPSA) is 13.1 Å². The maximum Gasteiger partial charge on any atom is 0.174 e. The fourth-order valence-corrected chi connectivity index (χ4v) is 0.388. The summed E-state index contributed by atoms with van der Waals surface area (Å²) in [5.74, 6) is -0.414. The van der Waals surface area contributed by atoms with Crippen molar-refractivity contribution in [3.05, 3.63) is 18.3 Å². The predicted molar refractivity (Wildman–Crippen MR) is 25.9 cm³/mol. The van der Waals surface area contributed by atoms with Crippen molar-refractivity contribution in [2.24, 2.45) is 0 Å². The Balaban J connectivity index is 3.12. The molecule has 0 saturated carbocycles. The Bertz CT molecular complexity index is 144. The average Bonchev–Trinajstić information content (AvgIpc) is 1.91. The van der Waals surface area contributed by atoms with E-state index in [1.54, 1.807) is 0 Å². The van der Waals surface area contributed by atoms with Crippen molar-refractivity contribution in [1.82, 2.24) is 0 Å². The molecule has 1 heterocycles. The molecule has 0 atom stereocenters. The molecule has 1 aromatic rings. The molecule has 0 fully saturated rings. The standard InChI is InChI=1S/C4H3FOS/c5-3-1-6-2-4(3)7/h1-2,7H. The lowest BCUT2D eigenvalue weighted by atomic mass is 10.6. The lowest BCUT2D eigenvalue weighted by Crippen LogP contribution is -1.59. The van der Waals surface area contributed by atoms with Gasteiger partial charge in [-0.3, -0.25) is 0 Å². The van der Waals surface area contributed by atoms with Crippen LogP contribution < -0.4 is 0 Å². The second-order valence-corrected chi connectivity index (χ2v) is 1.59. The maximum absolute atomic E-state index is 11.9. The van der Waals surface area contributed by atoms with E-state index in [0.717, 1.165) is 6.26 Å². The number of furan rings is 1. The lowest BCUT2D eigenvalue weighted by molar-refractivity contribution is 0.532. The average molecular weight is 118 g/mol. The van der Waals surface area contributed by atoms with Gasteiger partial charge in [-0.15, -0.1) is 12.6 Å². The normalized spacial score (nSPS) is 9.43. The van der Waals surface area contributed by atoms with Gasteiger partial charge in [0.2, 0.25) is 0 Å². The largest absolute Gasteiger partial charge is 0.468 e. The van der Waals surface area contributed by atoms with Gasteiger partial charge in [0.25, 0.3) is 0 Å². The molecule has 0 spiro atoms. The Kier molecular flexibility index (Phi) is 1.06. The molecule has 1 nitrogen and oxygen atoms in total. The molecule has 0 N–H and O–H groups in total. The summed E-state index contributed by atoms with van der Waals surface area (Å²) < 4.78 is 16.3. The van der Waals surface area contributed by atoms with Gasteiger partial charge in [-0.25, -0.2) is 4.39 Å². The maximum atomic E-state index is 11.9. The van der Waals surface area contributed by atoms with Gasteiger partial charge in [0.05, 0.1) is 4.90 Å². The van der Waals surface area contributed by atoms with E-state index in [0.29, 0.717) is 0 Å². The van der Waals surface area contributed by atoms with Gasteiger partial charge in [-0.05, 0) is 0 Å². The predicted octanol–water partition coefficient (Wildman–Crippen LogP) is 1.71. The van der Waals surface area contributed by atoms with E-state index in [9.17, 15) is 4.39 Å². The fraction of sp³-hybridized carbons (Fsp3) is 0. The summed E-state index contributed by atoms with van der Waals surface area (Å²) in [4.78, 5) is 0.250. The Morgan fingerprint density at radius 3 is 2.43 bits per heavy atom. The van der Waals surface area contributed by atoms with Crippen LogP contribution in [0.4, 0.5) is 4.39 Å². The zero-order chi connectivity index (χ0) is 5.28. The van der Waals surface area contributed by atoms with Crippen molar-refractivity contribution in [3.8, 4) is 0 Å². The molecule has 0 amide bonds. The van der Waals surface area contributed by atoms with Crippen molar-refractivity contribution in [2.75, 3.05) is 0 Å². The number of thiol groups is 1. The van der Waals surface area contributed by atoms with Crippen molar-refractivity contribution < 1.29 is 8.81 Å². The van der Waals surface area contributed by atoms with Crippen LogP contribution in [0.15, 0.2) is 21.8 Å². The first kappa shape index (κ1) is 4.71. The molecule has 0 bridgehead atoms. The van der Waals surface area contributed by atoms with Gasteiger partial charge in [0.15, 0.2) is 5.82 Å². The van der Waals surface area contributed by atoms with Gasteiger partial charge in [0.1, 0.15) is 12.5 Å². The van der Waals surface area contributed by atoms with Crippen LogP contribution in [-0.4, -0.2) is 0 Å². The highest BCUT2D eigenvalue weighted by Crippen LogP contribution is 2.10. The van der Waals surface area contributed by atoms with Crippen molar-refractivity contribution in [3.63, 3.8) is 0 Å². The number of halogens is 1. The minimum Gasteiger partial charge on any atom is -0.468 e. The molecule has 1 aromatic heterocycles. The van der Waals surface area contributed by atoms with E-state index in [1.807, 2.05) is 0 Å². The fourth-order valence-electron chi connectivity index (χ4n) is 0.275. The first-order valence-electron chi connectivity index (χ1n) is 1.71. The molecular formula is C4H3FOS. The first-order valence-corrected chi connectivity index (χ1v) is 2.16. The molecule has 0 aliphatic rings. The molecule has 1 rings (SSSR count). The number of rotatable bonds is 0. The summed E-state index contributed by atoms with van der Waals surface area (Å²) >= 11 is 3.68. The van der Waals surface area contributed by atoms with Crippen LogP contribution in [0.5, 0.6) is 0 Å². The molecule has 0 saturated heterocycles. The van der Waals surface area contributed by atoms with Crippen molar-refractivity contribution in [2.45, 2.75) is 4.90 Å². The summed E-state index contributed by atoms with van der Waals surface area (Å²) in [6, 6.07) is 0. The van der Waals surface area contributed by atoms with E-state index in [4.69, 9.17) is 0 Å². The highest BCUT2D eigenvalue weighted by molar-refractivity contribution is 7.80. The summed E-state index contributed by atoms with van der Waals surface area (Å²) in [6.07, 6.45) is 2.24. The van der Waals surface area contributed by atoms with E-state index >= 15 is 0 Å². The third-order valence-corrected chi connectivity index (χ3v) is 0.915. The third kappa shape index (κ3) is 0.771. The Labute approximate surface area is 45.5 Å². The Morgan fingerprint density at radius 2 is 2.29 bits per heavy atom. The SMILES string of the molecule is Fc1cocc1S. The molecule has 38 valence electrons. The van der Waals surface area contributed by atoms with Gasteiger partial charge in [-0.2, -0.15) is 0 Å². The van der Waals surface area contributed by atoms with E-state index < -0.39 is 5.82 Å². The molecule has 7 heavy (non-hydrogen) atoms. The van der Waals surface area contributed by atoms with Crippen LogP contribution in [0.2, 0.25) is 0 Å². The molecule has 0 aliphatic carbocycles. The Morgan fingerprint density at radius 1 is 1.57 bits per heavy atom. The molecule has 0 aromatic carbocycles. The highest BCUT2D eigenvalue weighted by atomic mass is 32.1. The molecule has 3 heteroatoms. The Hall–Kier alpha value is -0.440. The van der Waals surface area contributed by atoms with Crippen molar-refractivity contribution in [1.29, 1.82) is 0 Å². The quantitative estimate of drug-likeness (QED) is 0.512. The highest BCUT2D eigenvalue weighted by Gasteiger charge is 1.94. The minimum atomic E-state index is -0.414. The van der Waals surface area contributed by atoms with Crippen LogP contribution in [0.3, 0.4) is 0 Å². The van der Waals surface area contributed by atoms with Crippen LogP contribution >= 0.6 is 12.6 Å². The zero-order valence-electron chi connectivity index (χ0n) is 3.39. The van der Waals surface area contributed by atoms with E-state index in [1.165, 1.54) is 6.26 Å². The zero-order valence-corrected chi connectivity index (χ0v) is 4.28. The summed E-state index contributed by atoms with van der Waals surface area (Å²) in [5, 5.41) is 0. The van der Waals surface area contributed by atoms with Gasteiger partial charge in [-0.1, -0.05) is 0 Å². The molecule has 0 unspecified atom stereocenters. The molecule has 0 aliphatic heterocycles. The van der Waals surface area contributed by atoms with Crippen LogP contribution in [0.25, 0.3) is 0 Å². The van der Waals surface area contributed by atoms with Gasteiger partial charge < -0.3 is 4.42 Å². The van der Waals surface area contributed by atoms with E-state index in [-0.39, 0.29) is 4.90 Å².